The molecule has 1 aromatic rings. The van der Waals surface area contributed by atoms with Gasteiger partial charge in [0.1, 0.15) is 6.61 Å². The average molecular weight is 366 g/mol. The molecule has 0 unspecified atom stereocenters. The normalized spacial score (nSPS) is 18.8. The number of nitrogens with zero attached hydrogens (tertiary/aromatic N) is 2. The van der Waals surface area contributed by atoms with Crippen molar-refractivity contribution >= 4 is 27.6 Å². The highest BCUT2D eigenvalue weighted by molar-refractivity contribution is 7.90. The number of anilines is 1. The van der Waals surface area contributed by atoms with Crippen LogP contribution in [0, 0.1) is 0 Å². The third-order valence-electron chi connectivity index (χ3n) is 4.58. The van der Waals surface area contributed by atoms with Crippen molar-refractivity contribution in [2.24, 2.45) is 4.99 Å². The number of hydrogen-bond acceptors (Lipinski definition) is 5. The van der Waals surface area contributed by atoms with Crippen molar-refractivity contribution in [3.8, 4) is 0 Å². The van der Waals surface area contributed by atoms with Crippen LogP contribution in [0.25, 0.3) is 0 Å². The van der Waals surface area contributed by atoms with E-state index in [9.17, 15) is 8.42 Å². The zero-order valence-corrected chi connectivity index (χ0v) is 15.6. The molecule has 1 aliphatic carbocycles. The summed E-state index contributed by atoms with van der Waals surface area (Å²) in [5.41, 5.74) is 2.19. The zero-order valence-electron chi connectivity index (χ0n) is 14.8. The maximum absolute atomic E-state index is 11.9. The quantitative estimate of drug-likeness (QED) is 0.803. The van der Waals surface area contributed by atoms with Crippen LogP contribution in [0.5, 0.6) is 0 Å². The Bertz CT molecular complexity index is 738. The van der Waals surface area contributed by atoms with Crippen molar-refractivity contribution in [1.82, 2.24) is 9.62 Å². The number of aliphatic imine (C=N–C) groups is 1. The third kappa shape index (κ3) is 4.64. The smallest absolute Gasteiger partial charge is 0.301 e. The lowest BCUT2D eigenvalue weighted by Gasteiger charge is -2.23. The van der Waals surface area contributed by atoms with Crippen molar-refractivity contribution < 1.29 is 13.2 Å². The van der Waals surface area contributed by atoms with Crippen molar-refractivity contribution in [1.29, 1.82) is 0 Å². The molecule has 25 heavy (non-hydrogen) atoms. The molecule has 1 saturated carbocycles. The van der Waals surface area contributed by atoms with Gasteiger partial charge < -0.3 is 10.1 Å². The van der Waals surface area contributed by atoms with Gasteiger partial charge in [-0.3, -0.25) is 4.72 Å². The highest BCUT2D eigenvalue weighted by Crippen LogP contribution is 2.28. The first-order valence-electron chi connectivity index (χ1n) is 8.75. The van der Waals surface area contributed by atoms with Gasteiger partial charge in [0, 0.05) is 25.7 Å². The van der Waals surface area contributed by atoms with Gasteiger partial charge >= 0.3 is 10.2 Å². The molecule has 1 heterocycles. The number of ether oxygens (including phenoxy) is 1. The fourth-order valence-electron chi connectivity index (χ4n) is 3.07. The largest absolute Gasteiger partial charge is 0.460 e. The molecule has 138 valence electrons. The highest BCUT2D eigenvalue weighted by atomic mass is 32.2. The van der Waals surface area contributed by atoms with Crippen molar-refractivity contribution in [3.05, 3.63) is 23.8 Å². The van der Waals surface area contributed by atoms with Crippen LogP contribution in [-0.4, -0.2) is 38.9 Å². The summed E-state index contributed by atoms with van der Waals surface area (Å²) in [6, 6.07) is 6.30. The van der Waals surface area contributed by atoms with E-state index in [1.807, 2.05) is 6.07 Å². The molecule has 0 amide bonds. The number of rotatable bonds is 4. The van der Waals surface area contributed by atoms with E-state index in [-0.39, 0.29) is 0 Å². The van der Waals surface area contributed by atoms with Crippen LogP contribution in [0.4, 0.5) is 11.4 Å². The van der Waals surface area contributed by atoms with Crippen LogP contribution >= 0.6 is 0 Å². The fraction of sp³-hybridized carbons (Fsp3) is 0.588. The molecule has 2 aliphatic rings. The summed E-state index contributed by atoms with van der Waals surface area (Å²) in [4.78, 5) is 4.54. The Morgan fingerprint density at radius 2 is 1.88 bits per heavy atom. The number of amidine groups is 1. The summed E-state index contributed by atoms with van der Waals surface area (Å²) >= 11 is 0. The van der Waals surface area contributed by atoms with Crippen LogP contribution in [0.1, 0.15) is 44.1 Å². The number of benzene rings is 1. The molecule has 0 atom stereocenters. The van der Waals surface area contributed by atoms with Gasteiger partial charge in [0.25, 0.3) is 6.02 Å². The Morgan fingerprint density at radius 3 is 2.56 bits per heavy atom. The van der Waals surface area contributed by atoms with Gasteiger partial charge in [0.2, 0.25) is 0 Å². The monoisotopic (exact) mass is 366 g/mol. The molecule has 0 aromatic heterocycles. The predicted octanol–water partition coefficient (Wildman–Crippen LogP) is 2.74. The Kier molecular flexibility index (Phi) is 5.48. The number of fused-ring (bicyclic) bond motifs is 1. The average Bonchev–Trinajstić information content (AvgIpc) is 2.83. The van der Waals surface area contributed by atoms with E-state index in [0.29, 0.717) is 24.4 Å². The second kappa shape index (κ2) is 7.61. The molecule has 0 saturated heterocycles. The van der Waals surface area contributed by atoms with E-state index in [0.717, 1.165) is 28.4 Å². The van der Waals surface area contributed by atoms with E-state index in [4.69, 9.17) is 4.74 Å². The van der Waals surface area contributed by atoms with E-state index < -0.39 is 10.2 Å². The lowest BCUT2D eigenvalue weighted by molar-refractivity contribution is 0.264. The maximum atomic E-state index is 11.9. The Morgan fingerprint density at radius 1 is 1.16 bits per heavy atom. The number of hydrogen-bond donors (Lipinski definition) is 2. The van der Waals surface area contributed by atoms with Crippen LogP contribution in [-0.2, 0) is 21.6 Å². The Balaban J connectivity index is 1.70. The molecule has 0 bridgehead atoms. The minimum Gasteiger partial charge on any atom is -0.460 e. The van der Waals surface area contributed by atoms with Gasteiger partial charge in [-0.2, -0.15) is 17.7 Å². The molecule has 0 spiro atoms. The van der Waals surface area contributed by atoms with Crippen molar-refractivity contribution in [2.45, 2.75) is 51.2 Å². The molecule has 2 N–H and O–H groups in total. The molecule has 1 fully saturated rings. The summed E-state index contributed by atoms with van der Waals surface area (Å²) in [5.74, 6) is 0. The van der Waals surface area contributed by atoms with Crippen molar-refractivity contribution in [3.63, 3.8) is 0 Å². The topological polar surface area (TPSA) is 83.0 Å². The molecule has 7 nitrogen and oxygen atoms in total. The van der Waals surface area contributed by atoms with Gasteiger partial charge in [0.05, 0.1) is 11.4 Å². The Hall–Kier alpha value is -1.80. The number of nitrogens with one attached hydrogen (secondary N) is 2. The lowest BCUT2D eigenvalue weighted by atomic mass is 10.1. The first-order valence-corrected chi connectivity index (χ1v) is 10.2. The summed E-state index contributed by atoms with van der Waals surface area (Å²) in [6.45, 7) is 0.380. The minimum absolute atomic E-state index is 0.380. The fourth-order valence-corrected chi connectivity index (χ4v) is 3.68. The second-order valence-corrected chi connectivity index (χ2v) is 8.66. The predicted molar refractivity (Wildman–Crippen MR) is 99.2 cm³/mol. The van der Waals surface area contributed by atoms with E-state index >= 15 is 0 Å². The molecule has 1 aromatic carbocycles. The molecule has 0 radical (unpaired) electrons. The zero-order chi connectivity index (χ0) is 17.9. The molecular formula is C17H26N4O3S. The summed E-state index contributed by atoms with van der Waals surface area (Å²) in [6.07, 6.45) is 7.41. The standard InChI is InChI=1S/C17H26N4O3S/c1-21(2)25(22,23)20-15-9-10-16-13(11-15)12-24-17(19-16)18-14-7-5-3-4-6-8-14/h9-11,14,20H,3-8,12H2,1-2H3,(H,18,19). The second-order valence-electron chi connectivity index (χ2n) is 6.77. The first-order chi connectivity index (χ1) is 11.9. The lowest BCUT2D eigenvalue weighted by Crippen LogP contribution is -2.36. The SMILES string of the molecule is CN(C)S(=O)(=O)Nc1ccc2c(c1)COC(NC1CCCCCC1)=N2. The maximum Gasteiger partial charge on any atom is 0.301 e. The molecular weight excluding hydrogens is 340 g/mol. The summed E-state index contributed by atoms with van der Waals surface area (Å²) < 4.78 is 33.2. The van der Waals surface area contributed by atoms with Crippen LogP contribution < -0.4 is 10.0 Å². The van der Waals surface area contributed by atoms with Gasteiger partial charge in [0.15, 0.2) is 0 Å². The first kappa shape index (κ1) is 18.0. The van der Waals surface area contributed by atoms with E-state index in [1.165, 1.54) is 39.8 Å². The molecule has 8 heteroatoms. The Labute approximate surface area is 149 Å². The van der Waals surface area contributed by atoms with Gasteiger partial charge in [-0.05, 0) is 31.0 Å². The van der Waals surface area contributed by atoms with Crippen molar-refractivity contribution in [2.75, 3.05) is 18.8 Å². The molecule has 3 rings (SSSR count). The van der Waals surface area contributed by atoms with Crippen LogP contribution in [0.3, 0.4) is 0 Å². The summed E-state index contributed by atoms with van der Waals surface area (Å²) in [7, 11) is -0.545. The van der Waals surface area contributed by atoms with Gasteiger partial charge in [-0.25, -0.2) is 0 Å². The summed E-state index contributed by atoms with van der Waals surface area (Å²) in [5, 5.41) is 3.42. The minimum atomic E-state index is -3.52. The van der Waals surface area contributed by atoms with Gasteiger partial charge in [-0.1, -0.05) is 25.7 Å². The molecule has 1 aliphatic heterocycles. The third-order valence-corrected chi connectivity index (χ3v) is 6.03. The van der Waals surface area contributed by atoms with Crippen LogP contribution in [0.15, 0.2) is 23.2 Å². The van der Waals surface area contributed by atoms with Gasteiger partial charge in [-0.15, -0.1) is 0 Å². The van der Waals surface area contributed by atoms with E-state index in [2.05, 4.69) is 15.0 Å². The van der Waals surface area contributed by atoms with Crippen LogP contribution in [0.2, 0.25) is 0 Å². The van der Waals surface area contributed by atoms with E-state index in [1.54, 1.807) is 12.1 Å². The highest BCUT2D eigenvalue weighted by Gasteiger charge is 2.19.